The number of Topliss-reactive ketones (excluding diaryl/α,β-unsaturated/α-hetero) is 1. The first-order valence-electron chi connectivity index (χ1n) is 7.92. The number of aliphatic hydroxyl groups is 1. The van der Waals surface area contributed by atoms with E-state index >= 15 is 0 Å². The maximum atomic E-state index is 10.9. The molecule has 0 spiro atoms. The molecule has 0 amide bonds. The monoisotopic (exact) mass is 291 g/mol. The summed E-state index contributed by atoms with van der Waals surface area (Å²) >= 11 is 0. The smallest absolute Gasteiger partial charge is 0.158 e. The Bertz CT molecular complexity index is 469. The number of nitrogens with one attached hydrogen (secondary N) is 1. The lowest BCUT2D eigenvalue weighted by Crippen LogP contribution is -2.16. The summed E-state index contributed by atoms with van der Waals surface area (Å²) < 4.78 is 0. The quantitative estimate of drug-likeness (QED) is 0.681. The van der Waals surface area contributed by atoms with Gasteiger partial charge in [0.1, 0.15) is 6.10 Å². The van der Waals surface area contributed by atoms with Crippen LogP contribution in [0.4, 0.5) is 5.69 Å². The Labute approximate surface area is 128 Å². The molecule has 0 radical (unpaired) electrons. The average molecular weight is 291 g/mol. The van der Waals surface area contributed by atoms with Crippen LogP contribution in [-0.4, -0.2) is 24.0 Å². The largest absolute Gasteiger partial charge is 0.388 e. The van der Waals surface area contributed by atoms with E-state index in [9.17, 15) is 9.90 Å². The number of aryl methyl sites for hydroxylation is 3. The fourth-order valence-electron chi connectivity index (χ4n) is 2.62. The van der Waals surface area contributed by atoms with Crippen molar-refractivity contribution in [1.82, 2.24) is 0 Å². The minimum absolute atomic E-state index is 0.120. The molecule has 0 heterocycles. The van der Waals surface area contributed by atoms with Gasteiger partial charge in [0.2, 0.25) is 0 Å². The fraction of sp³-hybridized carbons (Fsp3) is 0.611. The van der Waals surface area contributed by atoms with Gasteiger partial charge < -0.3 is 10.4 Å². The Morgan fingerprint density at radius 2 is 1.81 bits per heavy atom. The normalized spacial score (nSPS) is 12.2. The van der Waals surface area contributed by atoms with E-state index in [4.69, 9.17) is 0 Å². The molecule has 0 aliphatic rings. The standard InChI is InChI=1S/C18H29NO2/c1-13-12-17(19-4)14(2)11-16(13)9-7-5-6-8-10-18(21)15(3)20/h11-12,18-19,21H,5-10H2,1-4H3. The lowest BCUT2D eigenvalue weighted by atomic mass is 9.98. The van der Waals surface area contributed by atoms with Gasteiger partial charge in [-0.2, -0.15) is 0 Å². The van der Waals surface area contributed by atoms with E-state index in [0.29, 0.717) is 6.42 Å². The number of anilines is 1. The number of carbonyl (C=O) groups excluding carboxylic acids is 1. The molecule has 0 aliphatic carbocycles. The van der Waals surface area contributed by atoms with Crippen molar-refractivity contribution in [3.05, 3.63) is 28.8 Å². The van der Waals surface area contributed by atoms with Gasteiger partial charge in [-0.25, -0.2) is 0 Å². The maximum absolute atomic E-state index is 10.9. The van der Waals surface area contributed by atoms with Gasteiger partial charge in [0.25, 0.3) is 0 Å². The van der Waals surface area contributed by atoms with Crippen LogP contribution in [0.25, 0.3) is 0 Å². The Morgan fingerprint density at radius 1 is 1.14 bits per heavy atom. The van der Waals surface area contributed by atoms with Gasteiger partial charge in [0, 0.05) is 12.7 Å². The summed E-state index contributed by atoms with van der Waals surface area (Å²) in [5.74, 6) is -0.120. The molecule has 1 unspecified atom stereocenters. The number of carbonyl (C=O) groups is 1. The summed E-state index contributed by atoms with van der Waals surface area (Å²) in [6.45, 7) is 5.75. The molecule has 3 heteroatoms. The lowest BCUT2D eigenvalue weighted by Gasteiger charge is -2.12. The van der Waals surface area contributed by atoms with Crippen LogP contribution in [0.3, 0.4) is 0 Å². The first kappa shape index (κ1) is 17.7. The van der Waals surface area contributed by atoms with Gasteiger partial charge >= 0.3 is 0 Å². The van der Waals surface area contributed by atoms with E-state index in [-0.39, 0.29) is 5.78 Å². The SMILES string of the molecule is CNc1cc(C)c(CCCCCCC(O)C(C)=O)cc1C. The highest BCUT2D eigenvalue weighted by molar-refractivity contribution is 5.79. The molecular formula is C18H29NO2. The number of benzene rings is 1. The number of hydrogen-bond donors (Lipinski definition) is 2. The van der Waals surface area contributed by atoms with Crippen LogP contribution < -0.4 is 5.32 Å². The summed E-state index contributed by atoms with van der Waals surface area (Å²) in [5, 5.41) is 12.6. The van der Waals surface area contributed by atoms with Crippen LogP contribution in [0.15, 0.2) is 12.1 Å². The third kappa shape index (κ3) is 5.88. The van der Waals surface area contributed by atoms with E-state index in [1.165, 1.54) is 29.3 Å². The molecular weight excluding hydrogens is 262 g/mol. The molecule has 0 fully saturated rings. The highest BCUT2D eigenvalue weighted by atomic mass is 16.3. The molecule has 0 bridgehead atoms. The molecule has 0 aromatic heterocycles. The van der Waals surface area contributed by atoms with Crippen LogP contribution in [-0.2, 0) is 11.2 Å². The van der Waals surface area contributed by atoms with Crippen molar-refractivity contribution in [2.24, 2.45) is 0 Å². The van der Waals surface area contributed by atoms with E-state index < -0.39 is 6.10 Å². The Balaban J connectivity index is 2.30. The van der Waals surface area contributed by atoms with Crippen molar-refractivity contribution in [1.29, 1.82) is 0 Å². The van der Waals surface area contributed by atoms with Gasteiger partial charge in [-0.05, 0) is 62.8 Å². The number of ketones is 1. The Morgan fingerprint density at radius 3 is 2.43 bits per heavy atom. The number of hydrogen-bond acceptors (Lipinski definition) is 3. The predicted molar refractivity (Wildman–Crippen MR) is 88.9 cm³/mol. The summed E-state index contributed by atoms with van der Waals surface area (Å²) in [6, 6.07) is 4.49. The summed E-state index contributed by atoms with van der Waals surface area (Å²) in [5.41, 5.74) is 5.27. The third-order valence-electron chi connectivity index (χ3n) is 4.10. The molecule has 0 aliphatic heterocycles. The van der Waals surface area contributed by atoms with Crippen molar-refractivity contribution < 1.29 is 9.90 Å². The number of aliphatic hydroxyl groups excluding tert-OH is 1. The zero-order chi connectivity index (χ0) is 15.8. The minimum Gasteiger partial charge on any atom is -0.388 e. The van der Waals surface area contributed by atoms with Crippen molar-refractivity contribution in [2.45, 2.75) is 65.4 Å². The third-order valence-corrected chi connectivity index (χ3v) is 4.10. The average Bonchev–Trinajstić information content (AvgIpc) is 2.45. The number of unbranched alkanes of at least 4 members (excludes halogenated alkanes) is 3. The predicted octanol–water partition coefficient (Wildman–Crippen LogP) is 3.79. The van der Waals surface area contributed by atoms with E-state index in [1.807, 2.05) is 7.05 Å². The highest BCUT2D eigenvalue weighted by Gasteiger charge is 2.08. The van der Waals surface area contributed by atoms with Gasteiger partial charge in [0.05, 0.1) is 0 Å². The van der Waals surface area contributed by atoms with Crippen LogP contribution >= 0.6 is 0 Å². The zero-order valence-electron chi connectivity index (χ0n) is 13.8. The zero-order valence-corrected chi connectivity index (χ0v) is 13.8. The molecule has 1 aromatic rings. The van der Waals surface area contributed by atoms with Crippen LogP contribution in [0.2, 0.25) is 0 Å². The van der Waals surface area contributed by atoms with Crippen LogP contribution in [0, 0.1) is 13.8 Å². The first-order chi connectivity index (χ1) is 9.95. The Kier molecular flexibility index (Phi) is 7.44. The fourth-order valence-corrected chi connectivity index (χ4v) is 2.62. The van der Waals surface area contributed by atoms with Crippen molar-refractivity contribution in [3.8, 4) is 0 Å². The molecule has 3 nitrogen and oxygen atoms in total. The maximum Gasteiger partial charge on any atom is 0.158 e. The lowest BCUT2D eigenvalue weighted by molar-refractivity contribution is -0.125. The van der Waals surface area contributed by atoms with Crippen LogP contribution in [0.5, 0.6) is 0 Å². The van der Waals surface area contributed by atoms with E-state index in [2.05, 4.69) is 31.3 Å². The molecule has 1 atom stereocenters. The topological polar surface area (TPSA) is 49.3 Å². The van der Waals surface area contributed by atoms with Crippen molar-refractivity contribution >= 4 is 11.5 Å². The van der Waals surface area contributed by atoms with Gasteiger partial charge in [-0.1, -0.05) is 25.3 Å². The summed E-state index contributed by atoms with van der Waals surface area (Å²) in [6.07, 6.45) is 5.26. The second kappa shape index (κ2) is 8.83. The van der Waals surface area contributed by atoms with Crippen LogP contribution in [0.1, 0.15) is 55.7 Å². The first-order valence-corrected chi connectivity index (χ1v) is 7.92. The highest BCUT2D eigenvalue weighted by Crippen LogP contribution is 2.22. The van der Waals surface area contributed by atoms with Gasteiger partial charge in [-0.3, -0.25) is 4.79 Å². The van der Waals surface area contributed by atoms with Crippen molar-refractivity contribution in [3.63, 3.8) is 0 Å². The summed E-state index contributed by atoms with van der Waals surface area (Å²) in [7, 11) is 1.96. The van der Waals surface area contributed by atoms with Gasteiger partial charge in [-0.15, -0.1) is 0 Å². The minimum atomic E-state index is -0.760. The van der Waals surface area contributed by atoms with E-state index in [1.54, 1.807) is 0 Å². The van der Waals surface area contributed by atoms with Gasteiger partial charge in [0.15, 0.2) is 5.78 Å². The molecule has 118 valence electrons. The second-order valence-electron chi connectivity index (χ2n) is 5.92. The molecule has 1 aromatic carbocycles. The molecule has 21 heavy (non-hydrogen) atoms. The molecule has 0 saturated carbocycles. The second-order valence-corrected chi connectivity index (χ2v) is 5.92. The summed E-state index contributed by atoms with van der Waals surface area (Å²) in [4.78, 5) is 10.9. The number of rotatable bonds is 9. The Hall–Kier alpha value is -1.35. The molecule has 1 rings (SSSR count). The van der Waals surface area contributed by atoms with E-state index in [0.717, 1.165) is 32.1 Å². The molecule has 0 saturated heterocycles. The molecule has 2 N–H and O–H groups in total. The van der Waals surface area contributed by atoms with Crippen molar-refractivity contribution in [2.75, 3.05) is 12.4 Å².